The molecular formula is C14H23NO3. The number of unbranched alkanes of at least 4 members (excludes halogenated alkanes) is 5. The van der Waals surface area contributed by atoms with Gasteiger partial charge in [0, 0.05) is 6.54 Å². The van der Waals surface area contributed by atoms with E-state index in [0.717, 1.165) is 6.42 Å². The smallest absolute Gasteiger partial charge is 0.407 e. The van der Waals surface area contributed by atoms with E-state index in [1.165, 1.54) is 32.1 Å². The molecule has 0 spiro atoms. The Hall–Kier alpha value is -1.45. The highest BCUT2D eigenvalue weighted by molar-refractivity contribution is 5.66. The molecule has 1 aromatic rings. The van der Waals surface area contributed by atoms with Crippen LogP contribution in [-0.4, -0.2) is 12.6 Å². The second-order valence-corrected chi connectivity index (χ2v) is 4.35. The SMILES string of the molecule is CCCCCCCCNC(=O)OCc1ccco1. The van der Waals surface area contributed by atoms with Crippen molar-refractivity contribution in [2.75, 3.05) is 6.54 Å². The number of amides is 1. The topological polar surface area (TPSA) is 51.5 Å². The van der Waals surface area contributed by atoms with Gasteiger partial charge in [-0.1, -0.05) is 39.0 Å². The number of hydrogen-bond acceptors (Lipinski definition) is 3. The first kappa shape index (κ1) is 14.6. The van der Waals surface area contributed by atoms with Gasteiger partial charge in [0.15, 0.2) is 6.61 Å². The summed E-state index contributed by atoms with van der Waals surface area (Å²) in [5.41, 5.74) is 0. The largest absolute Gasteiger partial charge is 0.466 e. The Balaban J connectivity index is 1.90. The predicted octanol–water partition coefficient (Wildman–Crippen LogP) is 3.87. The fourth-order valence-corrected chi connectivity index (χ4v) is 1.68. The number of furan rings is 1. The molecular weight excluding hydrogens is 230 g/mol. The molecule has 1 rings (SSSR count). The summed E-state index contributed by atoms with van der Waals surface area (Å²) in [6, 6.07) is 3.55. The van der Waals surface area contributed by atoms with Crippen LogP contribution in [0.5, 0.6) is 0 Å². The van der Waals surface area contributed by atoms with Crippen molar-refractivity contribution in [1.82, 2.24) is 5.32 Å². The minimum absolute atomic E-state index is 0.190. The Bertz CT molecular complexity index is 309. The van der Waals surface area contributed by atoms with E-state index in [0.29, 0.717) is 12.3 Å². The molecule has 0 fully saturated rings. The monoisotopic (exact) mass is 253 g/mol. The molecule has 4 heteroatoms. The second-order valence-electron chi connectivity index (χ2n) is 4.35. The molecule has 1 amide bonds. The van der Waals surface area contributed by atoms with E-state index in [9.17, 15) is 4.79 Å². The third kappa shape index (κ3) is 6.99. The Labute approximate surface area is 109 Å². The van der Waals surface area contributed by atoms with Crippen molar-refractivity contribution < 1.29 is 13.9 Å². The molecule has 0 atom stereocenters. The first-order valence-corrected chi connectivity index (χ1v) is 6.76. The zero-order valence-electron chi connectivity index (χ0n) is 11.1. The number of carbonyl (C=O) groups excluding carboxylic acids is 1. The van der Waals surface area contributed by atoms with Gasteiger partial charge in [-0.05, 0) is 18.6 Å². The van der Waals surface area contributed by atoms with Crippen LogP contribution in [-0.2, 0) is 11.3 Å². The van der Waals surface area contributed by atoms with Gasteiger partial charge in [-0.2, -0.15) is 0 Å². The van der Waals surface area contributed by atoms with Crippen LogP contribution in [0.4, 0.5) is 4.79 Å². The first-order valence-electron chi connectivity index (χ1n) is 6.76. The Morgan fingerprint density at radius 2 is 2.06 bits per heavy atom. The first-order chi connectivity index (χ1) is 8.83. The molecule has 18 heavy (non-hydrogen) atoms. The van der Waals surface area contributed by atoms with Gasteiger partial charge in [0.05, 0.1) is 6.26 Å². The predicted molar refractivity (Wildman–Crippen MR) is 70.3 cm³/mol. The van der Waals surface area contributed by atoms with Crippen LogP contribution in [0.2, 0.25) is 0 Å². The maximum Gasteiger partial charge on any atom is 0.407 e. The van der Waals surface area contributed by atoms with Crippen molar-refractivity contribution in [3.8, 4) is 0 Å². The fraction of sp³-hybridized carbons (Fsp3) is 0.643. The summed E-state index contributed by atoms with van der Waals surface area (Å²) in [5, 5.41) is 2.73. The lowest BCUT2D eigenvalue weighted by atomic mass is 10.1. The maximum atomic E-state index is 11.3. The Morgan fingerprint density at radius 3 is 2.78 bits per heavy atom. The van der Waals surface area contributed by atoms with Gasteiger partial charge in [0.1, 0.15) is 5.76 Å². The van der Waals surface area contributed by atoms with E-state index in [2.05, 4.69) is 12.2 Å². The highest BCUT2D eigenvalue weighted by Gasteiger charge is 2.02. The van der Waals surface area contributed by atoms with Crippen molar-refractivity contribution in [2.24, 2.45) is 0 Å². The quantitative estimate of drug-likeness (QED) is 0.680. The van der Waals surface area contributed by atoms with Crippen molar-refractivity contribution in [3.05, 3.63) is 24.2 Å². The molecule has 102 valence electrons. The van der Waals surface area contributed by atoms with E-state index >= 15 is 0 Å². The lowest BCUT2D eigenvalue weighted by Crippen LogP contribution is -2.25. The van der Waals surface area contributed by atoms with E-state index in [1.807, 2.05) is 0 Å². The summed E-state index contributed by atoms with van der Waals surface area (Å²) in [5.74, 6) is 0.657. The van der Waals surface area contributed by atoms with Gasteiger partial charge in [-0.3, -0.25) is 0 Å². The maximum absolute atomic E-state index is 11.3. The molecule has 0 bridgehead atoms. The Kier molecular flexibility index (Phi) is 7.77. The Morgan fingerprint density at radius 1 is 1.28 bits per heavy atom. The molecule has 0 saturated carbocycles. The van der Waals surface area contributed by atoms with Gasteiger partial charge >= 0.3 is 6.09 Å². The van der Waals surface area contributed by atoms with Gasteiger partial charge in [-0.15, -0.1) is 0 Å². The third-order valence-electron chi connectivity index (χ3n) is 2.73. The summed E-state index contributed by atoms with van der Waals surface area (Å²) in [7, 11) is 0. The van der Waals surface area contributed by atoms with Crippen LogP contribution >= 0.6 is 0 Å². The van der Waals surface area contributed by atoms with Gasteiger partial charge in [0.2, 0.25) is 0 Å². The van der Waals surface area contributed by atoms with Crippen molar-refractivity contribution in [1.29, 1.82) is 0 Å². The standard InChI is InChI=1S/C14H23NO3/c1-2-3-4-5-6-7-10-15-14(16)18-12-13-9-8-11-17-13/h8-9,11H,2-7,10,12H2,1H3,(H,15,16). The minimum Gasteiger partial charge on any atom is -0.466 e. The molecule has 0 unspecified atom stereocenters. The summed E-state index contributed by atoms with van der Waals surface area (Å²) in [4.78, 5) is 11.3. The lowest BCUT2D eigenvalue weighted by molar-refractivity contribution is 0.131. The molecule has 0 radical (unpaired) electrons. The van der Waals surface area contributed by atoms with Crippen LogP contribution in [0.1, 0.15) is 51.2 Å². The number of nitrogens with one attached hydrogen (secondary N) is 1. The molecule has 0 aliphatic heterocycles. The third-order valence-corrected chi connectivity index (χ3v) is 2.73. The molecule has 1 N–H and O–H groups in total. The van der Waals surface area contributed by atoms with Gasteiger partial charge in [-0.25, -0.2) is 4.79 Å². The van der Waals surface area contributed by atoms with Crippen molar-refractivity contribution in [2.45, 2.75) is 52.1 Å². The van der Waals surface area contributed by atoms with Gasteiger partial charge in [0.25, 0.3) is 0 Å². The van der Waals surface area contributed by atoms with Crippen LogP contribution in [0.25, 0.3) is 0 Å². The van der Waals surface area contributed by atoms with Crippen LogP contribution in [0.3, 0.4) is 0 Å². The number of rotatable bonds is 9. The highest BCUT2D eigenvalue weighted by Crippen LogP contribution is 2.04. The van der Waals surface area contributed by atoms with Gasteiger partial charge < -0.3 is 14.5 Å². The molecule has 4 nitrogen and oxygen atoms in total. The average molecular weight is 253 g/mol. The molecule has 0 aliphatic rings. The normalized spacial score (nSPS) is 10.3. The second kappa shape index (κ2) is 9.57. The number of alkyl carbamates (subject to hydrolysis) is 1. The fourth-order valence-electron chi connectivity index (χ4n) is 1.68. The molecule has 1 aromatic heterocycles. The van der Waals surface area contributed by atoms with E-state index in [4.69, 9.17) is 9.15 Å². The summed E-state index contributed by atoms with van der Waals surface area (Å²) in [6.07, 6.45) is 8.47. The van der Waals surface area contributed by atoms with Crippen LogP contribution in [0, 0.1) is 0 Å². The summed E-state index contributed by atoms with van der Waals surface area (Å²) >= 11 is 0. The van der Waals surface area contributed by atoms with Crippen molar-refractivity contribution >= 4 is 6.09 Å². The van der Waals surface area contributed by atoms with E-state index < -0.39 is 0 Å². The number of carbonyl (C=O) groups is 1. The van der Waals surface area contributed by atoms with Crippen LogP contribution in [0.15, 0.2) is 22.8 Å². The zero-order valence-corrected chi connectivity index (χ0v) is 11.1. The summed E-state index contributed by atoms with van der Waals surface area (Å²) in [6.45, 7) is 3.08. The number of ether oxygens (including phenoxy) is 1. The molecule has 0 aliphatic carbocycles. The van der Waals surface area contributed by atoms with Crippen LogP contribution < -0.4 is 5.32 Å². The van der Waals surface area contributed by atoms with E-state index in [-0.39, 0.29) is 12.7 Å². The minimum atomic E-state index is -0.375. The molecule has 1 heterocycles. The summed E-state index contributed by atoms with van der Waals surface area (Å²) < 4.78 is 10.0. The zero-order chi connectivity index (χ0) is 13.1. The molecule has 0 aromatic carbocycles. The number of hydrogen-bond donors (Lipinski definition) is 1. The average Bonchev–Trinajstić information content (AvgIpc) is 2.88. The highest BCUT2D eigenvalue weighted by atomic mass is 16.6. The van der Waals surface area contributed by atoms with Crippen molar-refractivity contribution in [3.63, 3.8) is 0 Å². The van der Waals surface area contributed by atoms with E-state index in [1.54, 1.807) is 18.4 Å². The lowest BCUT2D eigenvalue weighted by Gasteiger charge is -2.05. The molecule has 0 saturated heterocycles.